The summed E-state index contributed by atoms with van der Waals surface area (Å²) < 4.78 is 0. The van der Waals surface area contributed by atoms with Crippen molar-refractivity contribution in [3.63, 3.8) is 0 Å². The van der Waals surface area contributed by atoms with Crippen LogP contribution >= 0.6 is 0 Å². The molecule has 0 radical (unpaired) electrons. The fourth-order valence-electron chi connectivity index (χ4n) is 1.64. The first-order valence-corrected chi connectivity index (χ1v) is 5.09. The molecule has 92 valence electrons. The summed E-state index contributed by atoms with van der Waals surface area (Å²) in [4.78, 5) is 24.1. The SMILES string of the molecule is O=C(O)N1C=CC=CC1=C1C=CC=CN1C(=O)O. The van der Waals surface area contributed by atoms with Crippen molar-refractivity contribution in [1.82, 2.24) is 9.80 Å². The van der Waals surface area contributed by atoms with Gasteiger partial charge >= 0.3 is 12.2 Å². The molecule has 0 atom stereocenters. The lowest BCUT2D eigenvalue weighted by molar-refractivity contribution is 0.166. The highest BCUT2D eigenvalue weighted by Crippen LogP contribution is 2.23. The van der Waals surface area contributed by atoms with Crippen molar-refractivity contribution in [2.45, 2.75) is 0 Å². The van der Waals surface area contributed by atoms with Crippen LogP contribution in [0.3, 0.4) is 0 Å². The first kappa shape index (κ1) is 11.7. The molecule has 6 nitrogen and oxygen atoms in total. The van der Waals surface area contributed by atoms with Crippen LogP contribution in [0.15, 0.2) is 60.3 Å². The van der Waals surface area contributed by atoms with E-state index in [4.69, 9.17) is 10.2 Å². The molecule has 2 rings (SSSR count). The second-order valence-electron chi connectivity index (χ2n) is 3.48. The molecule has 2 heterocycles. The van der Waals surface area contributed by atoms with E-state index in [0.29, 0.717) is 0 Å². The van der Waals surface area contributed by atoms with Crippen molar-refractivity contribution in [2.75, 3.05) is 0 Å². The predicted molar refractivity (Wildman–Crippen MR) is 63.3 cm³/mol. The topological polar surface area (TPSA) is 81.1 Å². The van der Waals surface area contributed by atoms with Crippen molar-refractivity contribution in [1.29, 1.82) is 0 Å². The highest BCUT2D eigenvalue weighted by atomic mass is 16.4. The molecule has 0 aromatic carbocycles. The molecule has 2 aliphatic rings. The molecule has 2 N–H and O–H groups in total. The highest BCUT2D eigenvalue weighted by molar-refractivity contribution is 5.75. The third kappa shape index (κ3) is 2.03. The number of carboxylic acid groups (broad SMARTS) is 2. The zero-order valence-corrected chi connectivity index (χ0v) is 9.22. The number of allylic oxidation sites excluding steroid dienone is 6. The first-order chi connectivity index (χ1) is 8.61. The lowest BCUT2D eigenvalue weighted by Gasteiger charge is -2.26. The van der Waals surface area contributed by atoms with Crippen molar-refractivity contribution in [2.24, 2.45) is 0 Å². The Kier molecular flexibility index (Phi) is 3.01. The molecule has 2 amide bonds. The molecule has 18 heavy (non-hydrogen) atoms. The van der Waals surface area contributed by atoms with Gasteiger partial charge in [0.05, 0.1) is 11.4 Å². The number of amides is 2. The van der Waals surface area contributed by atoms with Crippen LogP contribution in [0, 0.1) is 0 Å². The minimum Gasteiger partial charge on any atom is -0.464 e. The third-order valence-electron chi connectivity index (χ3n) is 2.39. The normalized spacial score (nSPS) is 21.6. The molecular weight excluding hydrogens is 236 g/mol. The van der Waals surface area contributed by atoms with Gasteiger partial charge in [0.2, 0.25) is 0 Å². The summed E-state index contributed by atoms with van der Waals surface area (Å²) in [5, 5.41) is 18.1. The lowest BCUT2D eigenvalue weighted by Crippen LogP contribution is -2.31. The average Bonchev–Trinajstić information content (AvgIpc) is 2.38. The Hall–Kier alpha value is -2.76. The second kappa shape index (κ2) is 4.62. The number of rotatable bonds is 0. The summed E-state index contributed by atoms with van der Waals surface area (Å²) in [5.74, 6) is 0. The molecule has 2 aliphatic heterocycles. The van der Waals surface area contributed by atoms with Crippen molar-refractivity contribution in [3.05, 3.63) is 60.3 Å². The quantitative estimate of drug-likeness (QED) is 0.687. The van der Waals surface area contributed by atoms with Gasteiger partial charge in [-0.05, 0) is 24.3 Å². The third-order valence-corrected chi connectivity index (χ3v) is 2.39. The van der Waals surface area contributed by atoms with Gasteiger partial charge in [0.25, 0.3) is 0 Å². The van der Waals surface area contributed by atoms with Crippen molar-refractivity contribution in [3.8, 4) is 0 Å². The Morgan fingerprint density at radius 2 is 1.17 bits per heavy atom. The van der Waals surface area contributed by atoms with E-state index in [1.54, 1.807) is 36.5 Å². The van der Waals surface area contributed by atoms with Gasteiger partial charge < -0.3 is 10.2 Å². The zero-order chi connectivity index (χ0) is 13.1. The van der Waals surface area contributed by atoms with E-state index in [0.717, 1.165) is 9.80 Å². The Morgan fingerprint density at radius 1 is 0.778 bits per heavy atom. The monoisotopic (exact) mass is 246 g/mol. The Labute approximate surface area is 103 Å². The van der Waals surface area contributed by atoms with Gasteiger partial charge in [-0.15, -0.1) is 0 Å². The van der Waals surface area contributed by atoms with Gasteiger partial charge in [0, 0.05) is 12.4 Å². The van der Waals surface area contributed by atoms with E-state index in [9.17, 15) is 9.59 Å². The second-order valence-corrected chi connectivity index (χ2v) is 3.48. The van der Waals surface area contributed by atoms with Crippen molar-refractivity contribution >= 4 is 12.2 Å². The van der Waals surface area contributed by atoms with E-state index in [-0.39, 0.29) is 11.4 Å². The number of carbonyl (C=O) groups is 2. The summed E-state index contributed by atoms with van der Waals surface area (Å²) in [6, 6.07) is 0. The fourth-order valence-corrected chi connectivity index (χ4v) is 1.64. The Balaban J connectivity index is 2.50. The lowest BCUT2D eigenvalue weighted by atomic mass is 10.1. The maximum absolute atomic E-state index is 11.1. The van der Waals surface area contributed by atoms with Gasteiger partial charge in [0.15, 0.2) is 0 Å². The molecule has 0 aliphatic carbocycles. The minimum atomic E-state index is -1.17. The van der Waals surface area contributed by atoms with Crippen molar-refractivity contribution < 1.29 is 19.8 Å². The molecule has 0 aromatic heterocycles. The average molecular weight is 246 g/mol. The molecule has 0 spiro atoms. The van der Waals surface area contributed by atoms with Crippen LogP contribution in [-0.4, -0.2) is 32.2 Å². The minimum absolute atomic E-state index is 0.285. The van der Waals surface area contributed by atoms with Crippen LogP contribution in [0.25, 0.3) is 0 Å². The summed E-state index contributed by atoms with van der Waals surface area (Å²) in [6.45, 7) is 0. The van der Waals surface area contributed by atoms with Gasteiger partial charge in [-0.25, -0.2) is 9.59 Å². The summed E-state index contributed by atoms with van der Waals surface area (Å²) in [5.41, 5.74) is 0.570. The molecule has 0 unspecified atom stereocenters. The van der Waals surface area contributed by atoms with Crippen LogP contribution in [0.4, 0.5) is 9.59 Å². The Morgan fingerprint density at radius 3 is 1.50 bits per heavy atom. The molecule has 0 saturated heterocycles. The molecule has 0 saturated carbocycles. The van der Waals surface area contributed by atoms with Crippen LogP contribution in [-0.2, 0) is 0 Å². The van der Waals surface area contributed by atoms with Crippen LogP contribution in [0.1, 0.15) is 0 Å². The largest absolute Gasteiger partial charge is 0.464 e. The highest BCUT2D eigenvalue weighted by Gasteiger charge is 2.23. The van der Waals surface area contributed by atoms with Crippen LogP contribution < -0.4 is 0 Å². The molecular formula is C12H10N2O4. The summed E-state index contributed by atoms with van der Waals surface area (Å²) in [6.07, 6.45) is 9.87. The number of hydrogen-bond acceptors (Lipinski definition) is 2. The van der Waals surface area contributed by atoms with E-state index in [2.05, 4.69) is 0 Å². The molecule has 6 heteroatoms. The van der Waals surface area contributed by atoms with E-state index >= 15 is 0 Å². The maximum atomic E-state index is 11.1. The molecule has 0 fully saturated rings. The predicted octanol–water partition coefficient (Wildman–Crippen LogP) is 2.33. The fraction of sp³-hybridized carbons (Fsp3) is 0. The summed E-state index contributed by atoms with van der Waals surface area (Å²) >= 11 is 0. The smallest absolute Gasteiger partial charge is 0.416 e. The van der Waals surface area contributed by atoms with Crippen LogP contribution in [0.2, 0.25) is 0 Å². The van der Waals surface area contributed by atoms with Gasteiger partial charge in [-0.3, -0.25) is 9.80 Å². The number of nitrogens with zero attached hydrogens (tertiary/aromatic N) is 2. The van der Waals surface area contributed by atoms with Crippen LogP contribution in [0.5, 0.6) is 0 Å². The molecule has 0 bridgehead atoms. The van der Waals surface area contributed by atoms with E-state index < -0.39 is 12.2 Å². The maximum Gasteiger partial charge on any atom is 0.416 e. The summed E-state index contributed by atoms with van der Waals surface area (Å²) in [7, 11) is 0. The standard InChI is InChI=1S/C12H10N2O4/c15-11(16)13-7-3-1-5-9(13)10-6-2-4-8-14(10)12(17)18/h1-8H,(H,15,16)(H,17,18). The molecule has 0 aromatic rings. The van der Waals surface area contributed by atoms with Gasteiger partial charge in [-0.1, -0.05) is 12.2 Å². The van der Waals surface area contributed by atoms with E-state index in [1.807, 2.05) is 0 Å². The zero-order valence-electron chi connectivity index (χ0n) is 9.22. The Bertz CT molecular complexity index is 492. The van der Waals surface area contributed by atoms with Gasteiger partial charge in [-0.2, -0.15) is 0 Å². The van der Waals surface area contributed by atoms with E-state index in [1.165, 1.54) is 12.4 Å². The number of hydrogen-bond donors (Lipinski definition) is 2. The van der Waals surface area contributed by atoms with Gasteiger partial charge in [0.1, 0.15) is 0 Å². The first-order valence-electron chi connectivity index (χ1n) is 5.09.